The number of aromatic nitrogens is 1. The summed E-state index contributed by atoms with van der Waals surface area (Å²) < 4.78 is 23.0. The Morgan fingerprint density at radius 2 is 1.76 bits per heavy atom. The van der Waals surface area contributed by atoms with Gasteiger partial charge < -0.3 is 5.32 Å². The van der Waals surface area contributed by atoms with Crippen LogP contribution in [0.4, 0.5) is 5.69 Å². The smallest absolute Gasteiger partial charge is 0.255 e. The van der Waals surface area contributed by atoms with Crippen molar-refractivity contribution in [2.75, 3.05) is 11.6 Å². The van der Waals surface area contributed by atoms with E-state index < -0.39 is 15.7 Å². The number of benzene rings is 2. The third-order valence-electron chi connectivity index (χ3n) is 3.58. The fourth-order valence-electron chi connectivity index (χ4n) is 2.33. The number of nitrogens with zero attached hydrogens (tertiary/aromatic N) is 1. The number of hydrogen-bond acceptors (Lipinski definition) is 4. The fraction of sp³-hybridized carbons (Fsp3) is 0.0588. The zero-order valence-electron chi connectivity index (χ0n) is 13.0. The summed E-state index contributed by atoms with van der Waals surface area (Å²) in [5.74, 6) is -0.434. The minimum absolute atomic E-state index is 0.140. The molecule has 0 saturated carbocycles. The maximum absolute atomic E-state index is 12.5. The molecule has 128 valence electrons. The van der Waals surface area contributed by atoms with Crippen LogP contribution in [0.2, 0.25) is 10.0 Å². The third kappa shape index (κ3) is 3.61. The number of amides is 1. The maximum Gasteiger partial charge on any atom is 0.255 e. The lowest BCUT2D eigenvalue weighted by molar-refractivity contribution is 0.102. The van der Waals surface area contributed by atoms with Crippen molar-refractivity contribution in [3.05, 3.63) is 64.3 Å². The SMILES string of the molecule is CS(=O)(=O)c1ccc(C(=O)Nc2c(Cl)cc(Cl)c3cccnc23)cc1. The number of anilines is 1. The van der Waals surface area contributed by atoms with Crippen molar-refractivity contribution >= 4 is 55.5 Å². The molecule has 0 saturated heterocycles. The first-order valence-electron chi connectivity index (χ1n) is 7.11. The monoisotopic (exact) mass is 394 g/mol. The molecule has 1 aromatic heterocycles. The van der Waals surface area contributed by atoms with Crippen LogP contribution in [0.3, 0.4) is 0 Å². The molecule has 1 heterocycles. The van der Waals surface area contributed by atoms with Crippen molar-refractivity contribution in [2.24, 2.45) is 0 Å². The lowest BCUT2D eigenvalue weighted by Gasteiger charge is -2.11. The molecule has 1 N–H and O–H groups in total. The van der Waals surface area contributed by atoms with Gasteiger partial charge in [0.2, 0.25) is 0 Å². The quantitative estimate of drug-likeness (QED) is 0.721. The molecule has 8 heteroatoms. The zero-order valence-corrected chi connectivity index (χ0v) is 15.3. The molecule has 5 nitrogen and oxygen atoms in total. The summed E-state index contributed by atoms with van der Waals surface area (Å²) in [6.45, 7) is 0. The number of sulfone groups is 1. The molecule has 3 rings (SSSR count). The molecule has 0 fully saturated rings. The molecule has 0 bridgehead atoms. The van der Waals surface area contributed by atoms with E-state index in [4.69, 9.17) is 23.2 Å². The second-order valence-electron chi connectivity index (χ2n) is 5.37. The van der Waals surface area contributed by atoms with Crippen molar-refractivity contribution in [3.8, 4) is 0 Å². The van der Waals surface area contributed by atoms with Gasteiger partial charge in [-0.05, 0) is 42.5 Å². The van der Waals surface area contributed by atoms with Gasteiger partial charge in [0.05, 0.1) is 26.1 Å². The molecule has 0 aliphatic rings. The topological polar surface area (TPSA) is 76.1 Å². The van der Waals surface area contributed by atoms with Gasteiger partial charge in [-0.3, -0.25) is 9.78 Å². The van der Waals surface area contributed by atoms with Crippen molar-refractivity contribution in [3.63, 3.8) is 0 Å². The Bertz CT molecular complexity index is 1080. The highest BCUT2D eigenvalue weighted by atomic mass is 35.5. The summed E-state index contributed by atoms with van der Waals surface area (Å²) in [5.41, 5.74) is 1.11. The van der Waals surface area contributed by atoms with Gasteiger partial charge in [0.25, 0.3) is 5.91 Å². The largest absolute Gasteiger partial charge is 0.319 e. The minimum atomic E-state index is -3.32. The van der Waals surface area contributed by atoms with Crippen LogP contribution in [0, 0.1) is 0 Å². The zero-order chi connectivity index (χ0) is 18.2. The van der Waals surface area contributed by atoms with Gasteiger partial charge in [0.15, 0.2) is 9.84 Å². The van der Waals surface area contributed by atoms with Gasteiger partial charge in [-0.15, -0.1) is 0 Å². The molecule has 2 aromatic carbocycles. The Balaban J connectivity index is 1.98. The number of fused-ring (bicyclic) bond motifs is 1. The second-order valence-corrected chi connectivity index (χ2v) is 8.20. The summed E-state index contributed by atoms with van der Waals surface area (Å²) in [6, 6.07) is 10.7. The second kappa shape index (κ2) is 6.63. The van der Waals surface area contributed by atoms with Crippen LogP contribution >= 0.6 is 23.2 Å². The van der Waals surface area contributed by atoms with Crippen molar-refractivity contribution in [1.29, 1.82) is 0 Å². The van der Waals surface area contributed by atoms with E-state index in [1.165, 1.54) is 30.3 Å². The lowest BCUT2D eigenvalue weighted by Crippen LogP contribution is -2.13. The molecule has 0 aliphatic heterocycles. The number of carbonyl (C=O) groups excluding carboxylic acids is 1. The summed E-state index contributed by atoms with van der Waals surface area (Å²) in [4.78, 5) is 16.8. The highest BCUT2D eigenvalue weighted by Gasteiger charge is 2.15. The molecule has 1 amide bonds. The van der Waals surface area contributed by atoms with E-state index in [1.807, 2.05) is 0 Å². The van der Waals surface area contributed by atoms with Crippen LogP contribution in [0.1, 0.15) is 10.4 Å². The average molecular weight is 395 g/mol. The summed E-state index contributed by atoms with van der Waals surface area (Å²) in [5, 5.41) is 4.07. The number of nitrogens with one attached hydrogen (secondary N) is 1. The number of rotatable bonds is 3. The van der Waals surface area contributed by atoms with E-state index >= 15 is 0 Å². The number of pyridine rings is 1. The molecule has 0 unspecified atom stereocenters. The Morgan fingerprint density at radius 1 is 1.08 bits per heavy atom. The summed E-state index contributed by atoms with van der Waals surface area (Å²) >= 11 is 12.4. The van der Waals surface area contributed by atoms with Gasteiger partial charge in [-0.2, -0.15) is 0 Å². The average Bonchev–Trinajstić information content (AvgIpc) is 2.58. The number of halogens is 2. The van der Waals surface area contributed by atoms with E-state index in [9.17, 15) is 13.2 Å². The number of hydrogen-bond donors (Lipinski definition) is 1. The van der Waals surface area contributed by atoms with E-state index in [0.717, 1.165) is 6.26 Å². The first kappa shape index (κ1) is 17.7. The van der Waals surface area contributed by atoms with Crippen molar-refractivity contribution in [2.45, 2.75) is 4.90 Å². The van der Waals surface area contributed by atoms with Crippen LogP contribution in [-0.4, -0.2) is 25.6 Å². The van der Waals surface area contributed by atoms with Gasteiger partial charge in [-0.25, -0.2) is 8.42 Å². The lowest BCUT2D eigenvalue weighted by atomic mass is 10.1. The van der Waals surface area contributed by atoms with Crippen LogP contribution in [0.15, 0.2) is 53.6 Å². The fourth-order valence-corrected chi connectivity index (χ4v) is 3.52. The molecule has 0 atom stereocenters. The summed E-state index contributed by atoms with van der Waals surface area (Å²) in [7, 11) is -3.32. The predicted octanol–water partition coefficient (Wildman–Crippen LogP) is 4.20. The Labute approximate surface area is 154 Å². The minimum Gasteiger partial charge on any atom is -0.319 e. The Hall–Kier alpha value is -2.15. The van der Waals surface area contributed by atoms with Gasteiger partial charge in [0.1, 0.15) is 0 Å². The molecule has 0 spiro atoms. The molecular formula is C17H12Cl2N2O3S. The maximum atomic E-state index is 12.5. The highest BCUT2D eigenvalue weighted by Crippen LogP contribution is 2.35. The first-order valence-corrected chi connectivity index (χ1v) is 9.76. The summed E-state index contributed by atoms with van der Waals surface area (Å²) in [6.07, 6.45) is 2.68. The van der Waals surface area contributed by atoms with E-state index in [1.54, 1.807) is 18.3 Å². The normalized spacial score (nSPS) is 11.5. The molecular weight excluding hydrogens is 383 g/mol. The first-order chi connectivity index (χ1) is 11.8. The predicted molar refractivity (Wildman–Crippen MR) is 99.3 cm³/mol. The van der Waals surface area contributed by atoms with Crippen molar-refractivity contribution < 1.29 is 13.2 Å². The van der Waals surface area contributed by atoms with E-state index in [-0.39, 0.29) is 9.92 Å². The van der Waals surface area contributed by atoms with E-state index in [0.29, 0.717) is 27.2 Å². The molecule has 0 aliphatic carbocycles. The van der Waals surface area contributed by atoms with Gasteiger partial charge in [0, 0.05) is 23.4 Å². The molecule has 0 radical (unpaired) electrons. The van der Waals surface area contributed by atoms with Crippen LogP contribution in [-0.2, 0) is 9.84 Å². The van der Waals surface area contributed by atoms with Crippen LogP contribution in [0.25, 0.3) is 10.9 Å². The standard InChI is InChI=1S/C17H12Cl2N2O3S/c1-25(23,24)11-6-4-10(5-7-11)17(22)21-16-14(19)9-13(18)12-3-2-8-20-15(12)16/h2-9H,1H3,(H,21,22). The Kier molecular flexibility index (Phi) is 4.69. The molecule has 3 aromatic rings. The Morgan fingerprint density at radius 3 is 2.40 bits per heavy atom. The van der Waals surface area contributed by atoms with Gasteiger partial charge >= 0.3 is 0 Å². The number of carbonyl (C=O) groups is 1. The van der Waals surface area contributed by atoms with Gasteiger partial charge in [-0.1, -0.05) is 23.2 Å². The van der Waals surface area contributed by atoms with Crippen LogP contribution in [0.5, 0.6) is 0 Å². The van der Waals surface area contributed by atoms with Crippen LogP contribution < -0.4 is 5.32 Å². The van der Waals surface area contributed by atoms with E-state index in [2.05, 4.69) is 10.3 Å². The highest BCUT2D eigenvalue weighted by molar-refractivity contribution is 7.90. The third-order valence-corrected chi connectivity index (χ3v) is 5.32. The molecule has 25 heavy (non-hydrogen) atoms. The van der Waals surface area contributed by atoms with Crippen molar-refractivity contribution in [1.82, 2.24) is 4.98 Å².